The van der Waals surface area contributed by atoms with E-state index in [0.717, 1.165) is 39.8 Å². The van der Waals surface area contributed by atoms with Gasteiger partial charge in [0.15, 0.2) is 0 Å². The van der Waals surface area contributed by atoms with Crippen LogP contribution in [0.4, 0.5) is 5.82 Å². The standard InChI is InChI=1S/C16H18N4S/c1-9-8-21-16-14(9)15(19-12(4)20-16)17-7-13-5-10(2)18-11(3)6-13/h5-6,8H,7H2,1-4H3,(H,17,19,20). The van der Waals surface area contributed by atoms with Gasteiger partial charge in [-0.2, -0.15) is 0 Å². The first-order chi connectivity index (χ1) is 10.0. The molecule has 4 nitrogen and oxygen atoms in total. The molecule has 0 atom stereocenters. The fourth-order valence-corrected chi connectivity index (χ4v) is 3.49. The van der Waals surface area contributed by atoms with E-state index in [4.69, 9.17) is 0 Å². The first kappa shape index (κ1) is 13.9. The van der Waals surface area contributed by atoms with Gasteiger partial charge in [-0.1, -0.05) is 0 Å². The van der Waals surface area contributed by atoms with E-state index in [1.807, 2.05) is 20.8 Å². The van der Waals surface area contributed by atoms with Crippen LogP contribution >= 0.6 is 11.3 Å². The summed E-state index contributed by atoms with van der Waals surface area (Å²) in [5, 5.41) is 6.72. The monoisotopic (exact) mass is 298 g/mol. The average Bonchev–Trinajstić information content (AvgIpc) is 2.76. The Morgan fingerprint density at radius 1 is 1.00 bits per heavy atom. The zero-order valence-corrected chi connectivity index (χ0v) is 13.5. The fourth-order valence-electron chi connectivity index (χ4n) is 2.53. The zero-order valence-electron chi connectivity index (χ0n) is 12.7. The van der Waals surface area contributed by atoms with Gasteiger partial charge in [0.2, 0.25) is 0 Å². The number of pyridine rings is 1. The first-order valence-electron chi connectivity index (χ1n) is 6.93. The summed E-state index contributed by atoms with van der Waals surface area (Å²) in [7, 11) is 0. The molecule has 0 amide bonds. The van der Waals surface area contributed by atoms with Gasteiger partial charge in [-0.25, -0.2) is 9.97 Å². The van der Waals surface area contributed by atoms with Crippen molar-refractivity contribution in [3.8, 4) is 0 Å². The lowest BCUT2D eigenvalue weighted by Gasteiger charge is -2.09. The summed E-state index contributed by atoms with van der Waals surface area (Å²) in [5.41, 5.74) is 4.53. The molecule has 21 heavy (non-hydrogen) atoms. The number of hydrogen-bond donors (Lipinski definition) is 1. The maximum Gasteiger partial charge on any atom is 0.139 e. The van der Waals surface area contributed by atoms with Gasteiger partial charge in [-0.15, -0.1) is 11.3 Å². The molecule has 0 aliphatic rings. The number of aromatic nitrogens is 3. The summed E-state index contributed by atoms with van der Waals surface area (Å²) in [4.78, 5) is 14.5. The van der Waals surface area contributed by atoms with Gasteiger partial charge in [0.25, 0.3) is 0 Å². The number of rotatable bonds is 3. The minimum Gasteiger partial charge on any atom is -0.365 e. The molecular weight excluding hydrogens is 280 g/mol. The second kappa shape index (κ2) is 5.41. The number of nitrogens with zero attached hydrogens (tertiary/aromatic N) is 3. The Labute approximate surface area is 128 Å². The highest BCUT2D eigenvalue weighted by molar-refractivity contribution is 7.17. The number of thiophene rings is 1. The predicted octanol–water partition coefficient (Wildman–Crippen LogP) is 3.93. The smallest absolute Gasteiger partial charge is 0.139 e. The molecule has 1 N–H and O–H groups in total. The summed E-state index contributed by atoms with van der Waals surface area (Å²) in [6.45, 7) is 8.81. The molecule has 0 aliphatic heterocycles. The average molecular weight is 298 g/mol. The lowest BCUT2D eigenvalue weighted by molar-refractivity contribution is 1.03. The van der Waals surface area contributed by atoms with Crippen molar-refractivity contribution >= 4 is 27.4 Å². The maximum absolute atomic E-state index is 4.56. The van der Waals surface area contributed by atoms with E-state index in [1.165, 1.54) is 11.1 Å². The van der Waals surface area contributed by atoms with E-state index in [1.54, 1.807) is 11.3 Å². The molecule has 0 aromatic carbocycles. The van der Waals surface area contributed by atoms with Crippen LogP contribution in [0.1, 0.15) is 28.3 Å². The number of nitrogens with one attached hydrogen (secondary N) is 1. The molecule has 0 spiro atoms. The SMILES string of the molecule is Cc1cc(CNc2nc(C)nc3scc(C)c23)cc(C)n1. The predicted molar refractivity (Wildman–Crippen MR) is 87.9 cm³/mol. The van der Waals surface area contributed by atoms with E-state index in [2.05, 4.69) is 44.7 Å². The van der Waals surface area contributed by atoms with Crippen LogP contribution < -0.4 is 5.32 Å². The van der Waals surface area contributed by atoms with Gasteiger partial charge in [0, 0.05) is 17.9 Å². The van der Waals surface area contributed by atoms with Gasteiger partial charge < -0.3 is 5.32 Å². The fraction of sp³-hybridized carbons (Fsp3) is 0.312. The number of aryl methyl sites for hydroxylation is 4. The van der Waals surface area contributed by atoms with Gasteiger partial charge >= 0.3 is 0 Å². The van der Waals surface area contributed by atoms with Crippen molar-refractivity contribution in [2.45, 2.75) is 34.2 Å². The van der Waals surface area contributed by atoms with Crippen molar-refractivity contribution in [2.24, 2.45) is 0 Å². The lowest BCUT2D eigenvalue weighted by Crippen LogP contribution is -2.05. The Bertz CT molecular complexity index is 787. The quantitative estimate of drug-likeness (QED) is 0.796. The third kappa shape index (κ3) is 2.88. The minimum absolute atomic E-state index is 0.741. The number of hydrogen-bond acceptors (Lipinski definition) is 5. The van der Waals surface area contributed by atoms with Gasteiger partial charge in [0.1, 0.15) is 16.5 Å². The molecule has 108 valence electrons. The largest absolute Gasteiger partial charge is 0.365 e. The highest BCUT2D eigenvalue weighted by Gasteiger charge is 2.10. The van der Waals surface area contributed by atoms with Crippen molar-refractivity contribution in [1.29, 1.82) is 0 Å². The van der Waals surface area contributed by atoms with Crippen molar-refractivity contribution in [3.63, 3.8) is 0 Å². The molecule has 3 aromatic heterocycles. The Morgan fingerprint density at radius 2 is 1.71 bits per heavy atom. The molecule has 0 aliphatic carbocycles. The van der Waals surface area contributed by atoms with E-state index in [9.17, 15) is 0 Å². The lowest BCUT2D eigenvalue weighted by atomic mass is 10.2. The second-order valence-corrected chi connectivity index (χ2v) is 6.19. The molecule has 0 saturated heterocycles. The Kier molecular flexibility index (Phi) is 3.59. The number of fused-ring (bicyclic) bond motifs is 1. The molecule has 0 saturated carbocycles. The van der Waals surface area contributed by atoms with Gasteiger partial charge in [0.05, 0.1) is 5.39 Å². The van der Waals surface area contributed by atoms with Crippen LogP contribution in [0.2, 0.25) is 0 Å². The van der Waals surface area contributed by atoms with Crippen LogP contribution in [-0.2, 0) is 6.54 Å². The highest BCUT2D eigenvalue weighted by atomic mass is 32.1. The summed E-state index contributed by atoms with van der Waals surface area (Å²) < 4.78 is 0. The van der Waals surface area contributed by atoms with Crippen LogP contribution in [0.15, 0.2) is 17.5 Å². The molecule has 0 unspecified atom stereocenters. The highest BCUT2D eigenvalue weighted by Crippen LogP contribution is 2.29. The minimum atomic E-state index is 0.741. The third-order valence-corrected chi connectivity index (χ3v) is 4.32. The molecule has 5 heteroatoms. The first-order valence-corrected chi connectivity index (χ1v) is 7.81. The Morgan fingerprint density at radius 3 is 2.43 bits per heavy atom. The second-order valence-electron chi connectivity index (χ2n) is 5.33. The topological polar surface area (TPSA) is 50.7 Å². The summed E-state index contributed by atoms with van der Waals surface area (Å²) in [6.07, 6.45) is 0. The molecule has 3 rings (SSSR count). The van der Waals surface area contributed by atoms with E-state index >= 15 is 0 Å². The molecule has 3 heterocycles. The van der Waals surface area contributed by atoms with E-state index in [-0.39, 0.29) is 0 Å². The zero-order chi connectivity index (χ0) is 15.0. The summed E-state index contributed by atoms with van der Waals surface area (Å²) in [5.74, 6) is 1.72. The summed E-state index contributed by atoms with van der Waals surface area (Å²) in [6, 6.07) is 4.21. The molecular formula is C16H18N4S. The molecule has 0 radical (unpaired) electrons. The molecule has 0 fully saturated rings. The summed E-state index contributed by atoms with van der Waals surface area (Å²) >= 11 is 1.67. The van der Waals surface area contributed by atoms with Crippen LogP contribution in [0, 0.1) is 27.7 Å². The van der Waals surface area contributed by atoms with Crippen LogP contribution in [0.25, 0.3) is 10.2 Å². The number of anilines is 1. The van der Waals surface area contributed by atoms with Crippen LogP contribution in [0.5, 0.6) is 0 Å². The normalized spacial score (nSPS) is 11.0. The third-order valence-electron chi connectivity index (χ3n) is 3.33. The van der Waals surface area contributed by atoms with Crippen molar-refractivity contribution in [3.05, 3.63) is 45.9 Å². The Hall–Kier alpha value is -2.01. The van der Waals surface area contributed by atoms with E-state index in [0.29, 0.717) is 0 Å². The van der Waals surface area contributed by atoms with E-state index < -0.39 is 0 Å². The van der Waals surface area contributed by atoms with Crippen molar-refractivity contribution < 1.29 is 0 Å². The Balaban J connectivity index is 1.93. The molecule has 0 bridgehead atoms. The molecule has 3 aromatic rings. The van der Waals surface area contributed by atoms with Gasteiger partial charge in [-0.3, -0.25) is 4.98 Å². The van der Waals surface area contributed by atoms with Crippen molar-refractivity contribution in [1.82, 2.24) is 15.0 Å². The van der Waals surface area contributed by atoms with Crippen molar-refractivity contribution in [2.75, 3.05) is 5.32 Å². The van der Waals surface area contributed by atoms with Crippen LogP contribution in [0.3, 0.4) is 0 Å². The maximum atomic E-state index is 4.56. The van der Waals surface area contributed by atoms with Gasteiger partial charge in [-0.05, 0) is 56.3 Å². The van der Waals surface area contributed by atoms with Crippen LogP contribution in [-0.4, -0.2) is 15.0 Å².